The van der Waals surface area contributed by atoms with Crippen LogP contribution in [0.15, 0.2) is 78.9 Å². The van der Waals surface area contributed by atoms with E-state index in [-0.39, 0.29) is 30.4 Å². The molecule has 0 radical (unpaired) electrons. The molecule has 0 aliphatic heterocycles. The van der Waals surface area contributed by atoms with Crippen molar-refractivity contribution in [1.29, 1.82) is 0 Å². The van der Waals surface area contributed by atoms with Gasteiger partial charge in [0.2, 0.25) is 5.91 Å². The molecule has 0 bridgehead atoms. The fourth-order valence-corrected chi connectivity index (χ4v) is 4.22. The fourth-order valence-electron chi connectivity index (χ4n) is 4.22. The van der Waals surface area contributed by atoms with Gasteiger partial charge < -0.3 is 15.0 Å². The van der Waals surface area contributed by atoms with E-state index in [1.165, 1.54) is 0 Å². The lowest BCUT2D eigenvalue weighted by Crippen LogP contribution is -2.53. The summed E-state index contributed by atoms with van der Waals surface area (Å²) in [5.41, 5.74) is 4.12. The number of para-hydroxylation sites is 1. The summed E-state index contributed by atoms with van der Waals surface area (Å²) in [6.07, 6.45) is 0.416. The molecule has 0 saturated heterocycles. The zero-order valence-corrected chi connectivity index (χ0v) is 22.0. The number of carbonyl (C=O) groups is 2. The SMILES string of the molecule is Cc1ccccc1CN(C(=O)COc1ccccc1C(C)C)[C@H](Cc1ccccc1)C(=O)NC(C)C. The maximum Gasteiger partial charge on any atom is 0.261 e. The minimum Gasteiger partial charge on any atom is -0.483 e. The van der Waals surface area contributed by atoms with Crippen LogP contribution in [0.25, 0.3) is 0 Å². The highest BCUT2D eigenvalue weighted by Gasteiger charge is 2.31. The van der Waals surface area contributed by atoms with E-state index in [1.807, 2.05) is 99.6 Å². The lowest BCUT2D eigenvalue weighted by Gasteiger charge is -2.32. The van der Waals surface area contributed by atoms with Gasteiger partial charge in [-0.1, -0.05) is 86.6 Å². The van der Waals surface area contributed by atoms with Gasteiger partial charge in [-0.05, 0) is 55.0 Å². The van der Waals surface area contributed by atoms with Crippen LogP contribution in [0.3, 0.4) is 0 Å². The number of aryl methyl sites for hydroxylation is 1. The van der Waals surface area contributed by atoms with Gasteiger partial charge in [0.05, 0.1) is 0 Å². The standard InChI is InChI=1S/C31H38N2O3/c1-22(2)27-17-11-12-18-29(27)36-21-30(34)33(20-26-16-10-9-13-24(26)5)28(31(35)32-23(3)4)19-25-14-7-6-8-15-25/h6-18,22-23,28H,19-21H2,1-5H3,(H,32,35)/t28-/m1/s1. The highest BCUT2D eigenvalue weighted by molar-refractivity contribution is 5.88. The number of benzene rings is 3. The molecule has 1 N–H and O–H groups in total. The van der Waals surface area contributed by atoms with Crippen LogP contribution in [0.2, 0.25) is 0 Å². The van der Waals surface area contributed by atoms with Crippen molar-refractivity contribution in [2.75, 3.05) is 6.61 Å². The van der Waals surface area contributed by atoms with Crippen molar-refractivity contribution in [3.05, 3.63) is 101 Å². The molecule has 5 heteroatoms. The van der Waals surface area contributed by atoms with E-state index in [0.717, 1.165) is 22.3 Å². The second kappa shape index (κ2) is 12.9. The van der Waals surface area contributed by atoms with Gasteiger partial charge in [-0.25, -0.2) is 0 Å². The Labute approximate surface area is 215 Å². The predicted octanol–water partition coefficient (Wildman–Crippen LogP) is 5.66. The van der Waals surface area contributed by atoms with Gasteiger partial charge in [0, 0.05) is 19.0 Å². The van der Waals surface area contributed by atoms with Crippen LogP contribution in [0.5, 0.6) is 5.75 Å². The van der Waals surface area contributed by atoms with Crippen LogP contribution in [0, 0.1) is 6.92 Å². The van der Waals surface area contributed by atoms with E-state index in [0.29, 0.717) is 18.7 Å². The number of nitrogens with one attached hydrogen (secondary N) is 1. The van der Waals surface area contributed by atoms with Crippen molar-refractivity contribution in [2.24, 2.45) is 0 Å². The Morgan fingerprint density at radius 2 is 1.50 bits per heavy atom. The smallest absolute Gasteiger partial charge is 0.261 e. The van der Waals surface area contributed by atoms with Crippen molar-refractivity contribution in [1.82, 2.24) is 10.2 Å². The topological polar surface area (TPSA) is 58.6 Å². The third-order valence-electron chi connectivity index (χ3n) is 6.20. The van der Waals surface area contributed by atoms with Crippen LogP contribution in [-0.2, 0) is 22.6 Å². The number of nitrogens with zero attached hydrogens (tertiary/aromatic N) is 1. The Bertz CT molecular complexity index is 1140. The molecule has 0 aliphatic carbocycles. The Balaban J connectivity index is 1.94. The minimum absolute atomic E-state index is 0.0413. The highest BCUT2D eigenvalue weighted by atomic mass is 16.5. The van der Waals surface area contributed by atoms with E-state index in [1.54, 1.807) is 4.90 Å². The van der Waals surface area contributed by atoms with E-state index < -0.39 is 6.04 Å². The van der Waals surface area contributed by atoms with Crippen molar-refractivity contribution >= 4 is 11.8 Å². The maximum atomic E-state index is 13.8. The summed E-state index contributed by atoms with van der Waals surface area (Å²) >= 11 is 0. The Morgan fingerprint density at radius 1 is 0.861 bits per heavy atom. The largest absolute Gasteiger partial charge is 0.483 e. The lowest BCUT2D eigenvalue weighted by molar-refractivity contribution is -0.143. The van der Waals surface area contributed by atoms with Gasteiger partial charge in [-0.2, -0.15) is 0 Å². The second-order valence-electron chi connectivity index (χ2n) is 9.80. The first-order valence-corrected chi connectivity index (χ1v) is 12.7. The molecule has 190 valence electrons. The summed E-state index contributed by atoms with van der Waals surface area (Å²) in [7, 11) is 0. The molecule has 3 aromatic rings. The summed E-state index contributed by atoms with van der Waals surface area (Å²) in [6, 6.07) is 24.9. The number of ether oxygens (including phenoxy) is 1. The number of hydrogen-bond acceptors (Lipinski definition) is 3. The molecule has 3 aromatic carbocycles. The first kappa shape index (κ1) is 27.0. The van der Waals surface area contributed by atoms with Crippen molar-refractivity contribution < 1.29 is 14.3 Å². The summed E-state index contributed by atoms with van der Waals surface area (Å²) in [5.74, 6) is 0.569. The molecule has 0 aromatic heterocycles. The van der Waals surface area contributed by atoms with Crippen molar-refractivity contribution in [3.8, 4) is 5.75 Å². The molecular weight excluding hydrogens is 448 g/mol. The Kier molecular flexibility index (Phi) is 9.69. The number of rotatable bonds is 11. The second-order valence-corrected chi connectivity index (χ2v) is 9.80. The third kappa shape index (κ3) is 7.45. The van der Waals surface area contributed by atoms with Gasteiger partial charge in [-0.3, -0.25) is 9.59 Å². The number of hydrogen-bond donors (Lipinski definition) is 1. The lowest BCUT2D eigenvalue weighted by atomic mass is 10.0. The fraction of sp³-hybridized carbons (Fsp3) is 0.355. The van der Waals surface area contributed by atoms with E-state index in [9.17, 15) is 9.59 Å². The summed E-state index contributed by atoms with van der Waals surface area (Å²) < 4.78 is 6.05. The quantitative estimate of drug-likeness (QED) is 0.380. The minimum atomic E-state index is -0.675. The molecule has 0 spiro atoms. The zero-order chi connectivity index (χ0) is 26.1. The maximum absolute atomic E-state index is 13.8. The zero-order valence-electron chi connectivity index (χ0n) is 22.0. The molecule has 0 saturated carbocycles. The molecular formula is C31H38N2O3. The Morgan fingerprint density at radius 3 is 2.17 bits per heavy atom. The summed E-state index contributed by atoms with van der Waals surface area (Å²) in [6.45, 7) is 10.3. The van der Waals surface area contributed by atoms with Crippen molar-refractivity contribution in [2.45, 2.75) is 65.6 Å². The van der Waals surface area contributed by atoms with Crippen LogP contribution >= 0.6 is 0 Å². The normalized spacial score (nSPS) is 11.9. The highest BCUT2D eigenvalue weighted by Crippen LogP contribution is 2.26. The van der Waals surface area contributed by atoms with Gasteiger partial charge in [-0.15, -0.1) is 0 Å². The van der Waals surface area contributed by atoms with Crippen LogP contribution in [0.1, 0.15) is 55.9 Å². The molecule has 2 amide bonds. The molecule has 3 rings (SSSR count). The van der Waals surface area contributed by atoms with Crippen LogP contribution < -0.4 is 10.1 Å². The average molecular weight is 487 g/mol. The summed E-state index contributed by atoms with van der Waals surface area (Å²) in [5, 5.41) is 3.02. The monoisotopic (exact) mass is 486 g/mol. The van der Waals surface area contributed by atoms with E-state index >= 15 is 0 Å². The molecule has 36 heavy (non-hydrogen) atoms. The molecule has 1 atom stereocenters. The molecule has 0 heterocycles. The molecule has 0 aliphatic rings. The number of amides is 2. The van der Waals surface area contributed by atoms with Crippen molar-refractivity contribution in [3.63, 3.8) is 0 Å². The van der Waals surface area contributed by atoms with Gasteiger partial charge in [0.25, 0.3) is 5.91 Å². The van der Waals surface area contributed by atoms with Gasteiger partial charge >= 0.3 is 0 Å². The first-order valence-electron chi connectivity index (χ1n) is 12.7. The van der Waals surface area contributed by atoms with E-state index in [2.05, 4.69) is 19.2 Å². The molecule has 0 fully saturated rings. The van der Waals surface area contributed by atoms with Gasteiger partial charge in [0.1, 0.15) is 11.8 Å². The molecule has 0 unspecified atom stereocenters. The van der Waals surface area contributed by atoms with Crippen LogP contribution in [0.4, 0.5) is 0 Å². The van der Waals surface area contributed by atoms with E-state index in [4.69, 9.17) is 4.74 Å². The first-order chi connectivity index (χ1) is 17.3. The molecule has 5 nitrogen and oxygen atoms in total. The van der Waals surface area contributed by atoms with Crippen LogP contribution in [-0.4, -0.2) is 35.4 Å². The third-order valence-corrected chi connectivity index (χ3v) is 6.20. The number of carbonyl (C=O) groups excluding carboxylic acids is 2. The Hall–Kier alpha value is -3.60. The predicted molar refractivity (Wildman–Crippen MR) is 145 cm³/mol. The summed E-state index contributed by atoms with van der Waals surface area (Å²) in [4.78, 5) is 28.9. The van der Waals surface area contributed by atoms with Gasteiger partial charge in [0.15, 0.2) is 6.61 Å². The average Bonchev–Trinajstić information content (AvgIpc) is 2.86.